The molecule has 0 bridgehead atoms. The molecule has 0 saturated heterocycles. The first kappa shape index (κ1) is 15.5. The molecule has 1 fully saturated rings. The van der Waals surface area contributed by atoms with Crippen LogP contribution in [0.2, 0.25) is 0 Å². The van der Waals surface area contributed by atoms with Crippen LogP contribution in [0.5, 0.6) is 0 Å². The summed E-state index contributed by atoms with van der Waals surface area (Å²) in [5.74, 6) is 2.01. The van der Waals surface area contributed by atoms with Crippen molar-refractivity contribution < 1.29 is 8.42 Å². The number of hydrogen-bond acceptors (Lipinski definition) is 3. The average Bonchev–Trinajstić information content (AvgIpc) is 2.40. The van der Waals surface area contributed by atoms with Gasteiger partial charge in [-0.3, -0.25) is 0 Å². The highest BCUT2D eigenvalue weighted by Crippen LogP contribution is 2.38. The van der Waals surface area contributed by atoms with Crippen LogP contribution in [0.3, 0.4) is 0 Å². The normalized spacial score (nSPS) is 29.1. The molecule has 4 atom stereocenters. The summed E-state index contributed by atoms with van der Waals surface area (Å²) in [5, 5.41) is 0. The molecule has 0 spiro atoms. The molecule has 112 valence electrons. The Morgan fingerprint density at radius 3 is 2.20 bits per heavy atom. The summed E-state index contributed by atoms with van der Waals surface area (Å²) >= 11 is 0. The fraction of sp³-hybridized carbons (Fsp3) is 0.625. The number of rotatable bonds is 3. The van der Waals surface area contributed by atoms with Gasteiger partial charge in [-0.05, 0) is 48.3 Å². The minimum atomic E-state index is -3.13. The lowest BCUT2D eigenvalue weighted by Gasteiger charge is -2.35. The van der Waals surface area contributed by atoms with E-state index in [1.54, 1.807) is 12.1 Å². The van der Waals surface area contributed by atoms with E-state index < -0.39 is 9.84 Å². The molecule has 0 aliphatic heterocycles. The van der Waals surface area contributed by atoms with Crippen molar-refractivity contribution in [1.29, 1.82) is 0 Å². The number of nitrogens with two attached hydrogens (primary N) is 1. The first-order valence-electron chi connectivity index (χ1n) is 7.34. The predicted octanol–water partition coefficient (Wildman–Crippen LogP) is 3.16. The largest absolute Gasteiger partial charge is 0.324 e. The van der Waals surface area contributed by atoms with Gasteiger partial charge in [-0.25, -0.2) is 8.42 Å². The van der Waals surface area contributed by atoms with Crippen LogP contribution in [0.25, 0.3) is 0 Å². The zero-order valence-corrected chi connectivity index (χ0v) is 13.4. The monoisotopic (exact) mass is 295 g/mol. The lowest BCUT2D eigenvalue weighted by molar-refractivity contribution is 0.186. The SMILES string of the molecule is CC1CCC(C(N)c2ccc(S(C)(=O)=O)cc2)CC1C. The van der Waals surface area contributed by atoms with Crippen LogP contribution in [-0.4, -0.2) is 14.7 Å². The van der Waals surface area contributed by atoms with E-state index in [1.807, 2.05) is 12.1 Å². The summed E-state index contributed by atoms with van der Waals surface area (Å²) in [6, 6.07) is 7.07. The molecule has 4 heteroatoms. The van der Waals surface area contributed by atoms with E-state index >= 15 is 0 Å². The van der Waals surface area contributed by atoms with Crippen molar-refractivity contribution in [3.05, 3.63) is 29.8 Å². The minimum absolute atomic E-state index is 0.0126. The summed E-state index contributed by atoms with van der Waals surface area (Å²) in [4.78, 5) is 0.360. The molecule has 1 aromatic carbocycles. The van der Waals surface area contributed by atoms with Gasteiger partial charge in [0.1, 0.15) is 0 Å². The first-order chi connectivity index (χ1) is 9.29. The summed E-state index contributed by atoms with van der Waals surface area (Å²) in [6.45, 7) is 4.61. The Labute approximate surface area is 122 Å². The zero-order valence-electron chi connectivity index (χ0n) is 12.5. The van der Waals surface area contributed by atoms with E-state index in [9.17, 15) is 8.42 Å². The van der Waals surface area contributed by atoms with Gasteiger partial charge in [-0.1, -0.05) is 32.4 Å². The molecular weight excluding hydrogens is 270 g/mol. The second kappa shape index (κ2) is 5.86. The van der Waals surface area contributed by atoms with Gasteiger partial charge in [0.05, 0.1) is 4.90 Å². The lowest BCUT2D eigenvalue weighted by Crippen LogP contribution is -2.29. The standard InChI is InChI=1S/C16H25NO2S/c1-11-4-5-14(10-12(11)2)16(17)13-6-8-15(9-7-13)20(3,18)19/h6-9,11-12,14,16H,4-5,10,17H2,1-3H3. The molecule has 1 aliphatic carbocycles. The van der Waals surface area contributed by atoms with Crippen LogP contribution in [0, 0.1) is 17.8 Å². The van der Waals surface area contributed by atoms with Crippen LogP contribution in [0.15, 0.2) is 29.2 Å². The fourth-order valence-electron chi connectivity index (χ4n) is 3.12. The molecule has 1 saturated carbocycles. The third-order valence-electron chi connectivity index (χ3n) is 4.84. The maximum absolute atomic E-state index is 11.5. The second-order valence-electron chi connectivity index (χ2n) is 6.39. The molecule has 2 rings (SSSR count). The van der Waals surface area contributed by atoms with Gasteiger partial charge in [0.2, 0.25) is 0 Å². The third kappa shape index (κ3) is 3.41. The van der Waals surface area contributed by atoms with E-state index in [0.717, 1.165) is 23.8 Å². The van der Waals surface area contributed by atoms with E-state index in [2.05, 4.69) is 13.8 Å². The van der Waals surface area contributed by atoms with Gasteiger partial charge in [0.25, 0.3) is 0 Å². The van der Waals surface area contributed by atoms with Gasteiger partial charge >= 0.3 is 0 Å². The maximum Gasteiger partial charge on any atom is 0.175 e. The van der Waals surface area contributed by atoms with E-state index in [-0.39, 0.29) is 6.04 Å². The zero-order chi connectivity index (χ0) is 14.9. The number of sulfone groups is 1. The second-order valence-corrected chi connectivity index (χ2v) is 8.41. The van der Waals surface area contributed by atoms with Crippen LogP contribution < -0.4 is 5.73 Å². The Balaban J connectivity index is 2.11. The average molecular weight is 295 g/mol. The van der Waals surface area contributed by atoms with Crippen LogP contribution in [0.1, 0.15) is 44.7 Å². The van der Waals surface area contributed by atoms with Gasteiger partial charge in [0.15, 0.2) is 9.84 Å². The van der Waals surface area contributed by atoms with Crippen molar-refractivity contribution in [1.82, 2.24) is 0 Å². The summed E-state index contributed by atoms with van der Waals surface area (Å²) in [7, 11) is -3.13. The van der Waals surface area contributed by atoms with E-state index in [1.165, 1.54) is 19.1 Å². The third-order valence-corrected chi connectivity index (χ3v) is 5.97. The lowest BCUT2D eigenvalue weighted by atomic mass is 9.72. The Kier molecular flexibility index (Phi) is 4.55. The highest BCUT2D eigenvalue weighted by Gasteiger charge is 2.29. The van der Waals surface area contributed by atoms with Crippen molar-refractivity contribution in [2.75, 3.05) is 6.26 Å². The van der Waals surface area contributed by atoms with Crippen molar-refractivity contribution in [2.24, 2.45) is 23.5 Å². The van der Waals surface area contributed by atoms with Gasteiger partial charge < -0.3 is 5.73 Å². The molecule has 0 heterocycles. The minimum Gasteiger partial charge on any atom is -0.324 e. The molecule has 1 aromatic rings. The molecule has 0 aromatic heterocycles. The Hall–Kier alpha value is -0.870. The van der Waals surface area contributed by atoms with Crippen molar-refractivity contribution in [2.45, 2.75) is 44.0 Å². The Morgan fingerprint density at radius 1 is 1.10 bits per heavy atom. The quantitative estimate of drug-likeness (QED) is 0.931. The molecule has 2 N–H and O–H groups in total. The Morgan fingerprint density at radius 2 is 1.70 bits per heavy atom. The molecule has 3 nitrogen and oxygen atoms in total. The summed E-state index contributed by atoms with van der Waals surface area (Å²) in [6.07, 6.45) is 4.80. The molecule has 0 amide bonds. The molecule has 1 aliphatic rings. The highest BCUT2D eigenvalue weighted by atomic mass is 32.2. The van der Waals surface area contributed by atoms with Crippen molar-refractivity contribution >= 4 is 9.84 Å². The topological polar surface area (TPSA) is 60.2 Å². The predicted molar refractivity (Wildman–Crippen MR) is 82.1 cm³/mol. The van der Waals surface area contributed by atoms with Gasteiger partial charge in [0, 0.05) is 12.3 Å². The van der Waals surface area contributed by atoms with Crippen LogP contribution in [0.4, 0.5) is 0 Å². The Bertz CT molecular complexity index is 550. The smallest absolute Gasteiger partial charge is 0.175 e. The molecule has 4 unspecified atom stereocenters. The first-order valence-corrected chi connectivity index (χ1v) is 9.23. The van der Waals surface area contributed by atoms with Crippen LogP contribution >= 0.6 is 0 Å². The van der Waals surface area contributed by atoms with Crippen molar-refractivity contribution in [3.63, 3.8) is 0 Å². The van der Waals surface area contributed by atoms with E-state index in [4.69, 9.17) is 5.73 Å². The molecule has 0 radical (unpaired) electrons. The number of benzene rings is 1. The van der Waals surface area contributed by atoms with Crippen molar-refractivity contribution in [3.8, 4) is 0 Å². The van der Waals surface area contributed by atoms with Gasteiger partial charge in [-0.2, -0.15) is 0 Å². The summed E-state index contributed by atoms with van der Waals surface area (Å²) in [5.41, 5.74) is 7.43. The molecular formula is C16H25NO2S. The maximum atomic E-state index is 11.5. The summed E-state index contributed by atoms with van der Waals surface area (Å²) < 4.78 is 22.9. The fourth-order valence-corrected chi connectivity index (χ4v) is 3.76. The molecule has 20 heavy (non-hydrogen) atoms. The number of hydrogen-bond donors (Lipinski definition) is 1. The highest BCUT2D eigenvalue weighted by molar-refractivity contribution is 7.90. The van der Waals surface area contributed by atoms with Gasteiger partial charge in [-0.15, -0.1) is 0 Å². The van der Waals surface area contributed by atoms with Crippen LogP contribution in [-0.2, 0) is 9.84 Å². The van der Waals surface area contributed by atoms with E-state index in [0.29, 0.717) is 10.8 Å².